The molecule has 1 aromatic rings. The zero-order chi connectivity index (χ0) is 10.7. The van der Waals surface area contributed by atoms with E-state index in [2.05, 4.69) is 0 Å². The van der Waals surface area contributed by atoms with Gasteiger partial charge in [0.05, 0.1) is 7.11 Å². The second kappa shape index (κ2) is 4.46. The zero-order valence-electron chi connectivity index (χ0n) is 8.67. The summed E-state index contributed by atoms with van der Waals surface area (Å²) in [5.41, 5.74) is 1.23. The Morgan fingerprint density at radius 1 is 1.43 bits per heavy atom. The molecule has 0 atom stereocenters. The minimum atomic E-state index is -0.283. The maximum absolute atomic E-state index is 13.4. The molecule has 0 aliphatic carbocycles. The number of benzene rings is 1. The van der Waals surface area contributed by atoms with Gasteiger partial charge < -0.3 is 9.76 Å². The first-order chi connectivity index (χ1) is 6.60. The average Bonchev–Trinajstić information content (AvgIpc) is 2.16. The molecule has 1 rings (SSSR count). The number of methoxy groups -OCH3 is 1. The summed E-state index contributed by atoms with van der Waals surface area (Å²) in [5, 5.41) is 9.04. The van der Waals surface area contributed by atoms with Crippen molar-refractivity contribution in [2.75, 3.05) is 7.11 Å². The standard InChI is InChI=1S/C10H14BFO2/c1-6(2)7-4-8(11-13)10(14-3)5-9(7)12/h4-6,11,13H,1-3H3. The molecule has 0 saturated carbocycles. The second-order valence-corrected chi connectivity index (χ2v) is 3.50. The lowest BCUT2D eigenvalue weighted by Crippen LogP contribution is -2.18. The molecule has 1 aromatic carbocycles. The summed E-state index contributed by atoms with van der Waals surface area (Å²) in [7, 11) is 1.33. The van der Waals surface area contributed by atoms with Gasteiger partial charge in [-0.15, -0.1) is 0 Å². The van der Waals surface area contributed by atoms with Gasteiger partial charge in [0, 0.05) is 6.07 Å². The molecule has 14 heavy (non-hydrogen) atoms. The van der Waals surface area contributed by atoms with Gasteiger partial charge in [-0.1, -0.05) is 19.9 Å². The van der Waals surface area contributed by atoms with E-state index in [1.807, 2.05) is 13.8 Å². The third kappa shape index (κ3) is 2.07. The van der Waals surface area contributed by atoms with E-state index in [-0.39, 0.29) is 19.2 Å². The monoisotopic (exact) mass is 196 g/mol. The van der Waals surface area contributed by atoms with Crippen LogP contribution in [0.4, 0.5) is 4.39 Å². The Labute approximate surface area is 84.0 Å². The molecule has 0 fully saturated rings. The topological polar surface area (TPSA) is 29.5 Å². The number of halogens is 1. The van der Waals surface area contributed by atoms with Gasteiger partial charge >= 0.3 is 7.48 Å². The Bertz CT molecular complexity index is 326. The van der Waals surface area contributed by atoms with Gasteiger partial charge in [-0.25, -0.2) is 4.39 Å². The molecular weight excluding hydrogens is 182 g/mol. The fourth-order valence-corrected chi connectivity index (χ4v) is 1.37. The molecule has 1 N–H and O–H groups in total. The van der Waals surface area contributed by atoms with Crippen molar-refractivity contribution >= 4 is 12.9 Å². The molecule has 0 spiro atoms. The van der Waals surface area contributed by atoms with E-state index >= 15 is 0 Å². The molecule has 0 amide bonds. The first-order valence-electron chi connectivity index (χ1n) is 4.57. The fourth-order valence-electron chi connectivity index (χ4n) is 1.37. The normalized spacial score (nSPS) is 10.4. The smallest absolute Gasteiger partial charge is 0.308 e. The van der Waals surface area contributed by atoms with Crippen molar-refractivity contribution in [3.63, 3.8) is 0 Å². The van der Waals surface area contributed by atoms with Gasteiger partial charge in [-0.05, 0) is 16.9 Å². The van der Waals surface area contributed by atoms with E-state index in [0.29, 0.717) is 16.8 Å². The average molecular weight is 196 g/mol. The van der Waals surface area contributed by atoms with Crippen molar-refractivity contribution in [3.8, 4) is 5.75 Å². The second-order valence-electron chi connectivity index (χ2n) is 3.50. The molecule has 0 unspecified atom stereocenters. The third-order valence-corrected chi connectivity index (χ3v) is 2.19. The Morgan fingerprint density at radius 3 is 2.50 bits per heavy atom. The van der Waals surface area contributed by atoms with Crippen LogP contribution >= 0.6 is 0 Å². The quantitative estimate of drug-likeness (QED) is 0.728. The number of ether oxygens (including phenoxy) is 1. The van der Waals surface area contributed by atoms with Crippen LogP contribution in [0.5, 0.6) is 5.75 Å². The van der Waals surface area contributed by atoms with Crippen LogP contribution in [0.15, 0.2) is 12.1 Å². The highest BCUT2D eigenvalue weighted by atomic mass is 19.1. The van der Waals surface area contributed by atoms with E-state index in [1.54, 1.807) is 6.07 Å². The van der Waals surface area contributed by atoms with Gasteiger partial charge in [-0.2, -0.15) is 0 Å². The van der Waals surface area contributed by atoms with Crippen LogP contribution in [-0.2, 0) is 0 Å². The maximum atomic E-state index is 13.4. The number of rotatable bonds is 3. The van der Waals surface area contributed by atoms with Gasteiger partial charge in [-0.3, -0.25) is 0 Å². The lowest BCUT2D eigenvalue weighted by molar-refractivity contribution is 0.413. The molecular formula is C10H14BFO2. The molecule has 0 radical (unpaired) electrons. The summed E-state index contributed by atoms with van der Waals surface area (Å²) < 4.78 is 18.4. The summed E-state index contributed by atoms with van der Waals surface area (Å²) in [6.45, 7) is 3.82. The van der Waals surface area contributed by atoms with Crippen LogP contribution in [0.25, 0.3) is 0 Å². The molecule has 0 bridgehead atoms. The van der Waals surface area contributed by atoms with Crippen molar-refractivity contribution < 1.29 is 14.2 Å². The molecule has 0 heterocycles. The summed E-state index contributed by atoms with van der Waals surface area (Å²) in [4.78, 5) is 0. The molecule has 0 aliphatic rings. The van der Waals surface area contributed by atoms with Crippen molar-refractivity contribution in [1.29, 1.82) is 0 Å². The van der Waals surface area contributed by atoms with Crippen LogP contribution in [0.1, 0.15) is 25.3 Å². The SMILES string of the molecule is COc1cc(F)c(C(C)C)cc1BO. The van der Waals surface area contributed by atoms with E-state index in [9.17, 15) is 4.39 Å². The Kier molecular flexibility index (Phi) is 3.52. The van der Waals surface area contributed by atoms with Crippen molar-refractivity contribution in [2.45, 2.75) is 19.8 Å². The summed E-state index contributed by atoms with van der Waals surface area (Å²) >= 11 is 0. The largest absolute Gasteiger partial charge is 0.497 e. The van der Waals surface area contributed by atoms with Crippen LogP contribution in [0, 0.1) is 5.82 Å². The van der Waals surface area contributed by atoms with Crippen LogP contribution in [0.3, 0.4) is 0 Å². The number of hydrogen-bond acceptors (Lipinski definition) is 2. The van der Waals surface area contributed by atoms with Crippen molar-refractivity contribution in [1.82, 2.24) is 0 Å². The highest BCUT2D eigenvalue weighted by molar-refractivity contribution is 6.47. The van der Waals surface area contributed by atoms with Crippen molar-refractivity contribution in [3.05, 3.63) is 23.5 Å². The Balaban J connectivity index is 3.23. The van der Waals surface area contributed by atoms with E-state index in [1.165, 1.54) is 13.2 Å². The Morgan fingerprint density at radius 2 is 2.07 bits per heavy atom. The van der Waals surface area contributed by atoms with E-state index < -0.39 is 0 Å². The first-order valence-corrected chi connectivity index (χ1v) is 4.57. The van der Waals surface area contributed by atoms with E-state index in [0.717, 1.165) is 0 Å². The van der Waals surface area contributed by atoms with Crippen molar-refractivity contribution in [2.24, 2.45) is 0 Å². The highest BCUT2D eigenvalue weighted by Gasteiger charge is 2.12. The highest BCUT2D eigenvalue weighted by Crippen LogP contribution is 2.20. The lowest BCUT2D eigenvalue weighted by atomic mass is 9.84. The fraction of sp³-hybridized carbons (Fsp3) is 0.400. The van der Waals surface area contributed by atoms with Crippen LogP contribution < -0.4 is 10.2 Å². The zero-order valence-corrected chi connectivity index (χ0v) is 8.67. The van der Waals surface area contributed by atoms with Gasteiger partial charge in [0.15, 0.2) is 0 Å². The van der Waals surface area contributed by atoms with Gasteiger partial charge in [0.2, 0.25) is 0 Å². The molecule has 76 valence electrons. The van der Waals surface area contributed by atoms with Crippen LogP contribution in [-0.4, -0.2) is 19.6 Å². The Hall–Kier alpha value is -1.03. The third-order valence-electron chi connectivity index (χ3n) is 2.19. The molecule has 0 aliphatic heterocycles. The van der Waals surface area contributed by atoms with Gasteiger partial charge in [0.1, 0.15) is 11.6 Å². The number of hydrogen-bond donors (Lipinski definition) is 1. The minimum absolute atomic E-state index is 0.103. The predicted octanol–water partition coefficient (Wildman–Crippen LogP) is 0.927. The summed E-state index contributed by atoms with van der Waals surface area (Å²) in [6, 6.07) is 2.97. The van der Waals surface area contributed by atoms with E-state index in [4.69, 9.17) is 9.76 Å². The minimum Gasteiger partial charge on any atom is -0.497 e. The summed E-state index contributed by atoms with van der Waals surface area (Å²) in [6.07, 6.45) is 0. The molecule has 2 nitrogen and oxygen atoms in total. The molecule has 4 heteroatoms. The summed E-state index contributed by atoms with van der Waals surface area (Å²) in [5.74, 6) is 0.217. The lowest BCUT2D eigenvalue weighted by Gasteiger charge is -2.12. The van der Waals surface area contributed by atoms with Gasteiger partial charge in [0.25, 0.3) is 0 Å². The predicted molar refractivity (Wildman–Crippen MR) is 56.0 cm³/mol. The molecule has 0 saturated heterocycles. The molecule has 0 aromatic heterocycles. The first kappa shape index (κ1) is 11.1. The van der Waals surface area contributed by atoms with Crippen LogP contribution in [0.2, 0.25) is 0 Å². The maximum Gasteiger partial charge on any atom is 0.308 e.